The first-order valence-electron chi connectivity index (χ1n) is 6.92. The molecule has 0 aliphatic carbocycles. The van der Waals surface area contributed by atoms with E-state index in [1.54, 1.807) is 14.2 Å². The van der Waals surface area contributed by atoms with Crippen molar-refractivity contribution in [1.82, 2.24) is 5.32 Å². The lowest BCUT2D eigenvalue weighted by atomic mass is 9.89. The van der Waals surface area contributed by atoms with Gasteiger partial charge in [0.1, 0.15) is 0 Å². The van der Waals surface area contributed by atoms with Crippen LogP contribution in [0.3, 0.4) is 0 Å². The van der Waals surface area contributed by atoms with Gasteiger partial charge >= 0.3 is 0 Å². The van der Waals surface area contributed by atoms with E-state index in [4.69, 9.17) is 9.47 Å². The maximum Gasteiger partial charge on any atom is 0.225 e. The van der Waals surface area contributed by atoms with Gasteiger partial charge < -0.3 is 14.8 Å². The van der Waals surface area contributed by atoms with Gasteiger partial charge in [0.2, 0.25) is 5.91 Å². The number of fused-ring (bicyclic) bond motifs is 1. The molecule has 22 heavy (non-hydrogen) atoms. The van der Waals surface area contributed by atoms with Gasteiger partial charge in [-0.05, 0) is 41.0 Å². The summed E-state index contributed by atoms with van der Waals surface area (Å²) in [5, 5.41) is 3.05. The van der Waals surface area contributed by atoms with Crippen molar-refractivity contribution >= 4 is 21.8 Å². The molecular formula is C17H16BrNO3. The van der Waals surface area contributed by atoms with Crippen molar-refractivity contribution in [1.29, 1.82) is 0 Å². The lowest BCUT2D eigenvalue weighted by Crippen LogP contribution is -2.35. The molecule has 0 saturated carbocycles. The molecule has 4 nitrogen and oxygen atoms in total. The molecule has 3 rings (SSSR count). The van der Waals surface area contributed by atoms with E-state index in [1.807, 2.05) is 36.4 Å². The summed E-state index contributed by atoms with van der Waals surface area (Å²) in [6.45, 7) is 0. The highest BCUT2D eigenvalue weighted by molar-refractivity contribution is 9.10. The molecule has 0 fully saturated rings. The molecule has 2 aromatic carbocycles. The molecule has 114 valence electrons. The van der Waals surface area contributed by atoms with Crippen molar-refractivity contribution in [2.24, 2.45) is 0 Å². The molecule has 2 aromatic rings. The van der Waals surface area contributed by atoms with Crippen molar-refractivity contribution in [3.8, 4) is 11.5 Å². The Labute approximate surface area is 137 Å². The van der Waals surface area contributed by atoms with Crippen LogP contribution in [0.25, 0.3) is 0 Å². The molecule has 1 heterocycles. The van der Waals surface area contributed by atoms with Gasteiger partial charge in [-0.1, -0.05) is 28.1 Å². The van der Waals surface area contributed by atoms with Crippen LogP contribution in [0.4, 0.5) is 0 Å². The van der Waals surface area contributed by atoms with Crippen LogP contribution in [0.15, 0.2) is 40.9 Å². The monoisotopic (exact) mass is 361 g/mol. The van der Waals surface area contributed by atoms with Crippen LogP contribution < -0.4 is 14.8 Å². The first-order valence-corrected chi connectivity index (χ1v) is 7.71. The minimum Gasteiger partial charge on any atom is -0.493 e. The van der Waals surface area contributed by atoms with Gasteiger partial charge in [-0.15, -0.1) is 0 Å². The molecule has 5 heteroatoms. The molecule has 1 amide bonds. The van der Waals surface area contributed by atoms with Crippen molar-refractivity contribution in [2.45, 2.75) is 12.5 Å². The molecule has 0 radical (unpaired) electrons. The van der Waals surface area contributed by atoms with Crippen molar-refractivity contribution in [3.63, 3.8) is 0 Å². The average molecular weight is 362 g/mol. The molecule has 0 aromatic heterocycles. The number of methoxy groups -OCH3 is 2. The SMILES string of the molecule is COc1cc2c(cc1OC)[C@H](c1ccc(Br)cc1)NC(=O)C2. The van der Waals surface area contributed by atoms with Crippen molar-refractivity contribution in [3.05, 3.63) is 57.6 Å². The highest BCUT2D eigenvalue weighted by atomic mass is 79.9. The van der Waals surface area contributed by atoms with E-state index < -0.39 is 0 Å². The van der Waals surface area contributed by atoms with Gasteiger partial charge in [0.05, 0.1) is 26.7 Å². The van der Waals surface area contributed by atoms with E-state index in [9.17, 15) is 4.79 Å². The fourth-order valence-electron chi connectivity index (χ4n) is 2.74. The number of rotatable bonds is 3. The van der Waals surface area contributed by atoms with Crippen LogP contribution in [-0.2, 0) is 11.2 Å². The fraction of sp³-hybridized carbons (Fsp3) is 0.235. The van der Waals surface area contributed by atoms with Crippen LogP contribution in [0, 0.1) is 0 Å². The summed E-state index contributed by atoms with van der Waals surface area (Å²) in [6, 6.07) is 11.6. The van der Waals surface area contributed by atoms with Crippen LogP contribution in [0.5, 0.6) is 11.5 Å². The summed E-state index contributed by atoms with van der Waals surface area (Å²) in [5.41, 5.74) is 3.04. The lowest BCUT2D eigenvalue weighted by molar-refractivity contribution is -0.121. The quantitative estimate of drug-likeness (QED) is 0.912. The molecule has 0 bridgehead atoms. The second kappa shape index (κ2) is 6.01. The molecule has 1 atom stereocenters. The number of benzene rings is 2. The Kier molecular flexibility index (Phi) is 4.07. The zero-order chi connectivity index (χ0) is 15.7. The summed E-state index contributed by atoms with van der Waals surface area (Å²) >= 11 is 3.43. The Morgan fingerprint density at radius 3 is 2.36 bits per heavy atom. The number of amides is 1. The van der Waals surface area contributed by atoms with E-state index in [1.165, 1.54) is 0 Å². The summed E-state index contributed by atoms with van der Waals surface area (Å²) in [7, 11) is 3.21. The standard InChI is InChI=1S/C17H16BrNO3/c1-21-14-7-11-8-16(20)19-17(13(11)9-15(14)22-2)10-3-5-12(18)6-4-10/h3-7,9,17H,8H2,1-2H3,(H,19,20)/t17-/m0/s1. The number of nitrogens with one attached hydrogen (secondary N) is 1. The van der Waals surface area contributed by atoms with Crippen LogP contribution in [0.1, 0.15) is 22.7 Å². The molecule has 0 spiro atoms. The summed E-state index contributed by atoms with van der Waals surface area (Å²) < 4.78 is 11.7. The Balaban J connectivity index is 2.11. The molecule has 0 saturated heterocycles. The molecule has 1 aliphatic rings. The van der Waals surface area contributed by atoms with E-state index in [0.717, 1.165) is 21.2 Å². The normalized spacial score (nSPS) is 16.7. The molecule has 1 aliphatic heterocycles. The summed E-state index contributed by atoms with van der Waals surface area (Å²) in [4.78, 5) is 12.0. The minimum atomic E-state index is -0.177. The van der Waals surface area contributed by atoms with Gasteiger partial charge in [0.25, 0.3) is 0 Å². The Hall–Kier alpha value is -2.01. The number of ether oxygens (including phenoxy) is 2. The predicted molar refractivity (Wildman–Crippen MR) is 87.4 cm³/mol. The van der Waals surface area contributed by atoms with Gasteiger partial charge in [0, 0.05) is 4.47 Å². The Morgan fingerprint density at radius 1 is 1.09 bits per heavy atom. The summed E-state index contributed by atoms with van der Waals surface area (Å²) in [5.74, 6) is 1.32. The maximum absolute atomic E-state index is 12.0. The van der Waals surface area contributed by atoms with E-state index >= 15 is 0 Å². The third-order valence-corrected chi connectivity index (χ3v) is 4.34. The zero-order valence-electron chi connectivity index (χ0n) is 12.4. The van der Waals surface area contributed by atoms with Crippen LogP contribution >= 0.6 is 15.9 Å². The smallest absolute Gasteiger partial charge is 0.225 e. The summed E-state index contributed by atoms with van der Waals surface area (Å²) in [6.07, 6.45) is 0.350. The predicted octanol–water partition coefficient (Wildman–Crippen LogP) is 3.23. The van der Waals surface area contributed by atoms with Crippen LogP contribution in [0.2, 0.25) is 0 Å². The van der Waals surface area contributed by atoms with Crippen molar-refractivity contribution in [2.75, 3.05) is 14.2 Å². The number of carbonyl (C=O) groups excluding carboxylic acids is 1. The molecular weight excluding hydrogens is 346 g/mol. The van der Waals surface area contributed by atoms with Gasteiger partial charge in [-0.25, -0.2) is 0 Å². The first kappa shape index (κ1) is 14.9. The maximum atomic E-state index is 12.0. The van der Waals surface area contributed by atoms with E-state index in [-0.39, 0.29) is 11.9 Å². The van der Waals surface area contributed by atoms with Gasteiger partial charge in [0.15, 0.2) is 11.5 Å². The third-order valence-electron chi connectivity index (χ3n) is 3.82. The number of hydrogen-bond acceptors (Lipinski definition) is 3. The third kappa shape index (κ3) is 2.68. The Morgan fingerprint density at radius 2 is 1.73 bits per heavy atom. The lowest BCUT2D eigenvalue weighted by Gasteiger charge is -2.28. The van der Waals surface area contributed by atoms with Gasteiger partial charge in [-0.2, -0.15) is 0 Å². The van der Waals surface area contributed by atoms with Gasteiger partial charge in [-0.3, -0.25) is 4.79 Å². The van der Waals surface area contributed by atoms with E-state index in [2.05, 4.69) is 21.2 Å². The number of carbonyl (C=O) groups is 1. The second-order valence-electron chi connectivity index (χ2n) is 5.13. The minimum absolute atomic E-state index is 0.00707. The highest BCUT2D eigenvalue weighted by Gasteiger charge is 2.27. The number of hydrogen-bond donors (Lipinski definition) is 1. The first-order chi connectivity index (χ1) is 10.6. The second-order valence-corrected chi connectivity index (χ2v) is 6.05. The fourth-order valence-corrected chi connectivity index (χ4v) is 3.00. The van der Waals surface area contributed by atoms with Crippen LogP contribution in [-0.4, -0.2) is 20.1 Å². The number of halogens is 1. The Bertz CT molecular complexity index is 713. The van der Waals surface area contributed by atoms with E-state index in [0.29, 0.717) is 17.9 Å². The topological polar surface area (TPSA) is 47.6 Å². The molecule has 1 N–H and O–H groups in total. The highest BCUT2D eigenvalue weighted by Crippen LogP contribution is 2.37. The molecule has 0 unspecified atom stereocenters. The average Bonchev–Trinajstić information content (AvgIpc) is 2.53. The zero-order valence-corrected chi connectivity index (χ0v) is 13.9. The van der Waals surface area contributed by atoms with Crippen molar-refractivity contribution < 1.29 is 14.3 Å². The largest absolute Gasteiger partial charge is 0.493 e.